The monoisotopic (exact) mass is 434 g/mol. The number of anilines is 2. The number of rotatable bonds is 4. The van der Waals surface area contributed by atoms with E-state index in [1.54, 1.807) is 0 Å². The average Bonchev–Trinajstić information content (AvgIpc) is 3.14. The lowest BCUT2D eigenvalue weighted by atomic mass is 9.88. The summed E-state index contributed by atoms with van der Waals surface area (Å²) in [4.78, 5) is 11.5. The van der Waals surface area contributed by atoms with Gasteiger partial charge in [0.2, 0.25) is 0 Å². The summed E-state index contributed by atoms with van der Waals surface area (Å²) in [6.07, 6.45) is 5.44. The zero-order valence-electron chi connectivity index (χ0n) is 19.6. The molecule has 7 heteroatoms. The second kappa shape index (κ2) is 8.05. The van der Waals surface area contributed by atoms with E-state index in [1.165, 1.54) is 22.5 Å². The van der Waals surface area contributed by atoms with Crippen LogP contribution in [0.25, 0.3) is 11.0 Å². The van der Waals surface area contributed by atoms with Crippen LogP contribution < -0.4 is 9.80 Å². The number of nitrogens with zero attached hydrogens (tertiary/aromatic N) is 6. The van der Waals surface area contributed by atoms with Crippen molar-refractivity contribution in [1.82, 2.24) is 19.7 Å². The van der Waals surface area contributed by atoms with Crippen molar-refractivity contribution >= 4 is 22.4 Å². The molecule has 1 atom stereocenters. The van der Waals surface area contributed by atoms with Crippen LogP contribution in [0, 0.1) is 0 Å². The maximum absolute atomic E-state index is 10.9. The van der Waals surface area contributed by atoms with E-state index >= 15 is 0 Å². The highest BCUT2D eigenvalue weighted by atomic mass is 16.3. The van der Waals surface area contributed by atoms with E-state index in [0.29, 0.717) is 5.92 Å². The number of hydrogen-bond donors (Lipinski definition) is 1. The SMILES string of the molecule is C[C@H]1CN(c2ccnc3c2cnn3C)Cc2ccc(N3CCC(O)(CN(C)C)CC3)cc21. The number of aryl methyl sites for hydroxylation is 1. The lowest BCUT2D eigenvalue weighted by Crippen LogP contribution is -2.49. The number of hydrogen-bond acceptors (Lipinski definition) is 6. The van der Waals surface area contributed by atoms with Gasteiger partial charge in [-0.25, -0.2) is 4.98 Å². The summed E-state index contributed by atoms with van der Waals surface area (Å²) in [6.45, 7) is 6.74. The van der Waals surface area contributed by atoms with Crippen molar-refractivity contribution < 1.29 is 5.11 Å². The van der Waals surface area contributed by atoms with Crippen LogP contribution in [0.15, 0.2) is 36.7 Å². The standard InChI is InChI=1S/C25H34N6O/c1-18-15-31(23-7-10-26-24-22(23)14-27-29(24)4)16-19-5-6-20(13-21(18)19)30-11-8-25(32,9-12-30)17-28(2)3/h5-7,10,13-14,18,32H,8-9,11-12,15-17H2,1-4H3/t18-/m0/s1. The van der Waals surface area contributed by atoms with Gasteiger partial charge < -0.3 is 19.8 Å². The fraction of sp³-hybridized carbons (Fsp3) is 0.520. The van der Waals surface area contributed by atoms with Gasteiger partial charge in [0.15, 0.2) is 5.65 Å². The van der Waals surface area contributed by atoms with Crippen molar-refractivity contribution in [3.63, 3.8) is 0 Å². The van der Waals surface area contributed by atoms with Gasteiger partial charge in [0.25, 0.3) is 0 Å². The molecule has 1 fully saturated rings. The Morgan fingerprint density at radius 1 is 1.16 bits per heavy atom. The first-order valence-corrected chi connectivity index (χ1v) is 11.6. The highest BCUT2D eigenvalue weighted by Gasteiger charge is 2.33. The van der Waals surface area contributed by atoms with Crippen LogP contribution in [0.2, 0.25) is 0 Å². The number of piperidine rings is 1. The van der Waals surface area contributed by atoms with Crippen molar-refractivity contribution in [2.75, 3.05) is 50.1 Å². The molecule has 2 aliphatic rings. The smallest absolute Gasteiger partial charge is 0.159 e. The largest absolute Gasteiger partial charge is 0.388 e. The molecule has 0 unspecified atom stereocenters. The topological polar surface area (TPSA) is 60.7 Å². The van der Waals surface area contributed by atoms with Crippen molar-refractivity contribution in [2.24, 2.45) is 7.05 Å². The first-order valence-electron chi connectivity index (χ1n) is 11.6. The number of pyridine rings is 1. The highest BCUT2D eigenvalue weighted by Crippen LogP contribution is 2.37. The van der Waals surface area contributed by atoms with Crippen LogP contribution in [0.5, 0.6) is 0 Å². The molecule has 0 radical (unpaired) electrons. The van der Waals surface area contributed by atoms with Crippen LogP contribution in [0.3, 0.4) is 0 Å². The van der Waals surface area contributed by atoms with E-state index in [-0.39, 0.29) is 0 Å². The molecule has 1 N–H and O–H groups in total. The Morgan fingerprint density at radius 2 is 1.94 bits per heavy atom. The maximum atomic E-state index is 10.9. The lowest BCUT2D eigenvalue weighted by Gasteiger charge is -2.41. The van der Waals surface area contributed by atoms with Crippen LogP contribution in [0.4, 0.5) is 11.4 Å². The normalized spacial score (nSPS) is 20.8. The molecule has 0 amide bonds. The third-order valence-corrected chi connectivity index (χ3v) is 7.14. The minimum Gasteiger partial charge on any atom is -0.388 e. The fourth-order valence-electron chi connectivity index (χ4n) is 5.50. The molecule has 2 aliphatic heterocycles. The van der Waals surface area contributed by atoms with Crippen LogP contribution >= 0.6 is 0 Å². The predicted molar refractivity (Wildman–Crippen MR) is 129 cm³/mol. The molecule has 7 nitrogen and oxygen atoms in total. The van der Waals surface area contributed by atoms with Crippen molar-refractivity contribution in [3.8, 4) is 0 Å². The molecule has 3 aromatic rings. The molecule has 0 bridgehead atoms. The summed E-state index contributed by atoms with van der Waals surface area (Å²) < 4.78 is 1.84. The van der Waals surface area contributed by atoms with E-state index in [4.69, 9.17) is 0 Å². The zero-order valence-corrected chi connectivity index (χ0v) is 19.6. The van der Waals surface area contributed by atoms with Gasteiger partial charge in [-0.3, -0.25) is 4.68 Å². The molecule has 1 saturated heterocycles. The lowest BCUT2D eigenvalue weighted by molar-refractivity contribution is -0.00537. The first-order chi connectivity index (χ1) is 15.3. The summed E-state index contributed by atoms with van der Waals surface area (Å²) >= 11 is 0. The number of likely N-dealkylation sites (N-methyl/N-ethyl adjacent to an activating group) is 1. The molecule has 0 aliphatic carbocycles. The molecule has 1 aromatic carbocycles. The zero-order chi connectivity index (χ0) is 22.5. The molecule has 4 heterocycles. The van der Waals surface area contributed by atoms with Gasteiger partial charge in [-0.15, -0.1) is 0 Å². The van der Waals surface area contributed by atoms with Gasteiger partial charge in [-0.05, 0) is 62.2 Å². The van der Waals surface area contributed by atoms with Gasteiger partial charge in [0.1, 0.15) is 0 Å². The van der Waals surface area contributed by atoms with Gasteiger partial charge in [0, 0.05) is 51.7 Å². The van der Waals surface area contributed by atoms with E-state index in [2.05, 4.69) is 56.0 Å². The second-order valence-corrected chi connectivity index (χ2v) is 9.95. The summed E-state index contributed by atoms with van der Waals surface area (Å²) in [7, 11) is 6.00. The minimum atomic E-state index is -0.565. The van der Waals surface area contributed by atoms with E-state index < -0.39 is 5.60 Å². The third kappa shape index (κ3) is 3.84. The molecule has 32 heavy (non-hydrogen) atoms. The van der Waals surface area contributed by atoms with Gasteiger partial charge in [-0.2, -0.15) is 5.10 Å². The van der Waals surface area contributed by atoms with Gasteiger partial charge in [-0.1, -0.05) is 13.0 Å². The fourth-order valence-corrected chi connectivity index (χ4v) is 5.50. The average molecular weight is 435 g/mol. The predicted octanol–water partition coefficient (Wildman–Crippen LogP) is 2.98. The number of aromatic nitrogens is 3. The summed E-state index contributed by atoms with van der Waals surface area (Å²) in [5.41, 5.74) is 5.70. The van der Waals surface area contributed by atoms with Crippen LogP contribution in [-0.4, -0.2) is 70.6 Å². The Hall–Kier alpha value is -2.64. The van der Waals surface area contributed by atoms with Gasteiger partial charge >= 0.3 is 0 Å². The highest BCUT2D eigenvalue weighted by molar-refractivity contribution is 5.89. The second-order valence-electron chi connectivity index (χ2n) is 9.95. The van der Waals surface area contributed by atoms with Gasteiger partial charge in [0.05, 0.1) is 22.9 Å². The van der Waals surface area contributed by atoms with E-state index in [9.17, 15) is 5.11 Å². The van der Waals surface area contributed by atoms with Crippen LogP contribution in [-0.2, 0) is 13.6 Å². The number of aliphatic hydroxyl groups is 1. The Kier molecular flexibility index (Phi) is 5.34. The van der Waals surface area contributed by atoms with Crippen molar-refractivity contribution in [2.45, 2.75) is 37.8 Å². The number of fused-ring (bicyclic) bond motifs is 2. The molecule has 0 saturated carbocycles. The number of benzene rings is 1. The molecular weight excluding hydrogens is 400 g/mol. The Morgan fingerprint density at radius 3 is 2.69 bits per heavy atom. The van der Waals surface area contributed by atoms with E-state index in [1.807, 2.05) is 38.2 Å². The summed E-state index contributed by atoms with van der Waals surface area (Å²) in [5.74, 6) is 0.439. The summed E-state index contributed by atoms with van der Waals surface area (Å²) in [6, 6.07) is 9.06. The van der Waals surface area contributed by atoms with Crippen LogP contribution in [0.1, 0.15) is 36.8 Å². The molecular formula is C25H34N6O. The molecule has 5 rings (SSSR count). The maximum Gasteiger partial charge on any atom is 0.159 e. The van der Waals surface area contributed by atoms with E-state index in [0.717, 1.165) is 56.6 Å². The van der Waals surface area contributed by atoms with Crippen molar-refractivity contribution in [3.05, 3.63) is 47.8 Å². The summed E-state index contributed by atoms with van der Waals surface area (Å²) in [5, 5.41) is 16.4. The first kappa shape index (κ1) is 21.2. The van der Waals surface area contributed by atoms with Crippen molar-refractivity contribution in [1.29, 1.82) is 0 Å². The quantitative estimate of drug-likeness (QED) is 0.681. The third-order valence-electron chi connectivity index (χ3n) is 7.14. The molecule has 2 aromatic heterocycles. The minimum absolute atomic E-state index is 0.439. The Labute approximate surface area is 190 Å². The molecule has 0 spiro atoms. The Bertz CT molecular complexity index is 1110. The molecule has 170 valence electrons. The Balaban J connectivity index is 1.35.